The third kappa shape index (κ3) is 3.50. The maximum absolute atomic E-state index is 6.41. The van der Waals surface area contributed by atoms with Crippen molar-refractivity contribution in [2.75, 3.05) is 32.8 Å². The van der Waals surface area contributed by atoms with Crippen molar-refractivity contribution in [1.29, 1.82) is 0 Å². The van der Waals surface area contributed by atoms with Crippen LogP contribution < -0.4 is 15.2 Å². The molecule has 4 nitrogen and oxygen atoms in total. The van der Waals surface area contributed by atoms with Crippen LogP contribution in [0.15, 0.2) is 18.2 Å². The molecule has 3 rings (SSSR count). The predicted octanol–water partition coefficient (Wildman–Crippen LogP) is 2.58. The maximum atomic E-state index is 6.41. The minimum atomic E-state index is 0.0229. The molecule has 0 spiro atoms. The molecular formula is C17H26N2O2. The van der Waals surface area contributed by atoms with Crippen LogP contribution in [0.3, 0.4) is 0 Å². The van der Waals surface area contributed by atoms with Crippen molar-refractivity contribution in [3.63, 3.8) is 0 Å². The quantitative estimate of drug-likeness (QED) is 0.929. The first kappa shape index (κ1) is 14.7. The van der Waals surface area contributed by atoms with Crippen molar-refractivity contribution in [3.8, 4) is 11.5 Å². The van der Waals surface area contributed by atoms with E-state index < -0.39 is 0 Å². The van der Waals surface area contributed by atoms with E-state index in [1.54, 1.807) is 0 Å². The van der Waals surface area contributed by atoms with E-state index in [0.29, 0.717) is 18.6 Å². The van der Waals surface area contributed by atoms with Gasteiger partial charge in [0.05, 0.1) is 0 Å². The van der Waals surface area contributed by atoms with E-state index in [1.807, 2.05) is 12.1 Å². The Labute approximate surface area is 127 Å². The molecule has 1 atom stereocenters. The summed E-state index contributed by atoms with van der Waals surface area (Å²) in [6, 6.07) is 6.10. The lowest BCUT2D eigenvalue weighted by Gasteiger charge is -2.39. The number of hydrogen-bond donors (Lipinski definition) is 1. The second kappa shape index (κ2) is 5.85. The number of benzene rings is 1. The average molecular weight is 290 g/mol. The fraction of sp³-hybridized carbons (Fsp3) is 0.647. The normalized spacial score (nSPS) is 22.8. The van der Waals surface area contributed by atoms with Crippen molar-refractivity contribution in [1.82, 2.24) is 4.90 Å². The molecule has 0 radical (unpaired) electrons. The van der Waals surface area contributed by atoms with Crippen LogP contribution in [-0.4, -0.2) is 37.7 Å². The van der Waals surface area contributed by atoms with Crippen LogP contribution in [-0.2, 0) is 0 Å². The van der Waals surface area contributed by atoms with Crippen LogP contribution in [0, 0.1) is 5.41 Å². The fourth-order valence-electron chi connectivity index (χ4n) is 3.37. The van der Waals surface area contributed by atoms with Crippen LogP contribution in [0.1, 0.15) is 38.3 Å². The van der Waals surface area contributed by atoms with Crippen LogP contribution in [0.2, 0.25) is 0 Å². The topological polar surface area (TPSA) is 47.7 Å². The van der Waals surface area contributed by atoms with E-state index in [9.17, 15) is 0 Å². The lowest BCUT2D eigenvalue weighted by Crippen LogP contribution is -2.43. The molecule has 2 aliphatic rings. The van der Waals surface area contributed by atoms with Gasteiger partial charge in [-0.1, -0.05) is 19.9 Å². The standard InChI is InChI=1S/C17H26N2O2/c1-17(2)6-3-7-19(12-17)11-14(18)13-4-5-15-16(10-13)21-9-8-20-15/h4-5,10,14H,3,6-9,11-12,18H2,1-2H3. The first-order valence-electron chi connectivity index (χ1n) is 7.91. The zero-order valence-electron chi connectivity index (χ0n) is 13.1. The number of piperidine rings is 1. The molecule has 0 saturated carbocycles. The first-order valence-corrected chi connectivity index (χ1v) is 7.91. The molecule has 1 saturated heterocycles. The van der Waals surface area contributed by atoms with Crippen LogP contribution in [0.25, 0.3) is 0 Å². The van der Waals surface area contributed by atoms with Gasteiger partial charge < -0.3 is 20.1 Å². The van der Waals surface area contributed by atoms with Crippen molar-refractivity contribution >= 4 is 0 Å². The van der Waals surface area contributed by atoms with E-state index in [1.165, 1.54) is 12.8 Å². The molecule has 1 unspecified atom stereocenters. The lowest BCUT2D eigenvalue weighted by molar-refractivity contribution is 0.112. The van der Waals surface area contributed by atoms with Gasteiger partial charge in [-0.05, 0) is 42.5 Å². The van der Waals surface area contributed by atoms with Crippen molar-refractivity contribution in [2.45, 2.75) is 32.7 Å². The Morgan fingerprint density at radius 1 is 1.24 bits per heavy atom. The first-order chi connectivity index (χ1) is 10.0. The molecule has 0 aromatic heterocycles. The molecule has 0 amide bonds. The van der Waals surface area contributed by atoms with Gasteiger partial charge in [0, 0.05) is 19.1 Å². The third-order valence-electron chi connectivity index (χ3n) is 4.43. The number of nitrogens with zero attached hydrogens (tertiary/aromatic N) is 1. The van der Waals surface area contributed by atoms with Gasteiger partial charge in [0.1, 0.15) is 13.2 Å². The summed E-state index contributed by atoms with van der Waals surface area (Å²) in [6.45, 7) is 9.12. The Morgan fingerprint density at radius 3 is 2.76 bits per heavy atom. The molecule has 0 aliphatic carbocycles. The molecule has 21 heavy (non-hydrogen) atoms. The number of fused-ring (bicyclic) bond motifs is 1. The summed E-state index contributed by atoms with van der Waals surface area (Å²) < 4.78 is 11.2. The van der Waals surface area contributed by atoms with Gasteiger partial charge in [-0.15, -0.1) is 0 Å². The second-order valence-electron chi connectivity index (χ2n) is 7.01. The minimum Gasteiger partial charge on any atom is -0.486 e. The number of ether oxygens (including phenoxy) is 2. The van der Waals surface area contributed by atoms with Gasteiger partial charge in [-0.3, -0.25) is 0 Å². The summed E-state index contributed by atoms with van der Waals surface area (Å²) in [4.78, 5) is 2.49. The Balaban J connectivity index is 1.66. The Kier molecular flexibility index (Phi) is 4.09. The molecule has 2 N–H and O–H groups in total. The van der Waals surface area contributed by atoms with Gasteiger partial charge in [0.15, 0.2) is 11.5 Å². The van der Waals surface area contributed by atoms with Gasteiger partial charge in [-0.25, -0.2) is 0 Å². The van der Waals surface area contributed by atoms with Crippen molar-refractivity contribution in [3.05, 3.63) is 23.8 Å². The predicted molar refractivity (Wildman–Crippen MR) is 83.8 cm³/mol. The van der Waals surface area contributed by atoms with Crippen LogP contribution in [0.4, 0.5) is 0 Å². The molecule has 2 aliphatic heterocycles. The van der Waals surface area contributed by atoms with E-state index >= 15 is 0 Å². The van der Waals surface area contributed by atoms with Gasteiger partial charge in [0.25, 0.3) is 0 Å². The third-order valence-corrected chi connectivity index (χ3v) is 4.43. The maximum Gasteiger partial charge on any atom is 0.161 e. The Morgan fingerprint density at radius 2 is 2.00 bits per heavy atom. The van der Waals surface area contributed by atoms with Crippen LogP contribution >= 0.6 is 0 Å². The highest BCUT2D eigenvalue weighted by Gasteiger charge is 2.27. The molecule has 2 heterocycles. The zero-order chi connectivity index (χ0) is 14.9. The van der Waals surface area contributed by atoms with E-state index in [2.05, 4.69) is 24.8 Å². The van der Waals surface area contributed by atoms with Crippen molar-refractivity contribution < 1.29 is 9.47 Å². The number of nitrogens with two attached hydrogens (primary N) is 1. The highest BCUT2D eigenvalue weighted by Crippen LogP contribution is 2.33. The SMILES string of the molecule is CC1(C)CCCN(CC(N)c2ccc3c(c2)OCCO3)C1. The second-order valence-corrected chi connectivity index (χ2v) is 7.01. The number of hydrogen-bond acceptors (Lipinski definition) is 4. The van der Waals surface area contributed by atoms with Crippen molar-refractivity contribution in [2.24, 2.45) is 11.1 Å². The monoisotopic (exact) mass is 290 g/mol. The molecule has 1 aromatic carbocycles. The highest BCUT2D eigenvalue weighted by molar-refractivity contribution is 5.44. The van der Waals surface area contributed by atoms with E-state index in [0.717, 1.165) is 36.7 Å². The van der Waals surface area contributed by atoms with Gasteiger partial charge in [-0.2, -0.15) is 0 Å². The Hall–Kier alpha value is -1.26. The van der Waals surface area contributed by atoms with Gasteiger partial charge in [0.2, 0.25) is 0 Å². The molecule has 1 aromatic rings. The summed E-state index contributed by atoms with van der Waals surface area (Å²) in [6.07, 6.45) is 2.57. The van der Waals surface area contributed by atoms with E-state index in [-0.39, 0.29) is 6.04 Å². The molecule has 0 bridgehead atoms. The summed E-state index contributed by atoms with van der Waals surface area (Å²) in [5.74, 6) is 1.66. The zero-order valence-corrected chi connectivity index (χ0v) is 13.1. The smallest absolute Gasteiger partial charge is 0.161 e. The minimum absolute atomic E-state index is 0.0229. The summed E-state index contributed by atoms with van der Waals surface area (Å²) in [5.41, 5.74) is 7.94. The fourth-order valence-corrected chi connectivity index (χ4v) is 3.37. The Bertz CT molecular complexity index is 502. The summed E-state index contributed by atoms with van der Waals surface area (Å²) in [7, 11) is 0. The largest absolute Gasteiger partial charge is 0.486 e. The lowest BCUT2D eigenvalue weighted by atomic mass is 9.84. The number of rotatable bonds is 3. The molecule has 4 heteroatoms. The average Bonchev–Trinajstić information content (AvgIpc) is 2.45. The molecule has 1 fully saturated rings. The summed E-state index contributed by atoms with van der Waals surface area (Å²) in [5, 5.41) is 0. The molecule has 116 valence electrons. The number of likely N-dealkylation sites (tertiary alicyclic amines) is 1. The highest BCUT2D eigenvalue weighted by atomic mass is 16.6. The van der Waals surface area contributed by atoms with Crippen LogP contribution in [0.5, 0.6) is 11.5 Å². The van der Waals surface area contributed by atoms with Gasteiger partial charge >= 0.3 is 0 Å². The van der Waals surface area contributed by atoms with E-state index in [4.69, 9.17) is 15.2 Å². The molecular weight excluding hydrogens is 264 g/mol. The summed E-state index contributed by atoms with van der Waals surface area (Å²) >= 11 is 0.